The summed E-state index contributed by atoms with van der Waals surface area (Å²) in [5.74, 6) is 0.812. The Morgan fingerprint density at radius 1 is 1.33 bits per heavy atom. The van der Waals surface area contributed by atoms with E-state index in [0.717, 1.165) is 19.1 Å². The van der Waals surface area contributed by atoms with Crippen molar-refractivity contribution in [3.63, 3.8) is 0 Å². The van der Waals surface area contributed by atoms with Gasteiger partial charge in [0.25, 0.3) is 0 Å². The fourth-order valence-electron chi connectivity index (χ4n) is 2.31. The molecule has 1 fully saturated rings. The highest BCUT2D eigenvalue weighted by atomic mass is 16.5. The summed E-state index contributed by atoms with van der Waals surface area (Å²) >= 11 is 0. The lowest BCUT2D eigenvalue weighted by Gasteiger charge is -2.13. The van der Waals surface area contributed by atoms with Gasteiger partial charge in [-0.05, 0) is 44.6 Å². The quantitative estimate of drug-likeness (QED) is 0.656. The SMILES string of the molecule is CCNC1CCC(OCCCC(C)C)C1. The van der Waals surface area contributed by atoms with Crippen LogP contribution in [0.15, 0.2) is 0 Å². The van der Waals surface area contributed by atoms with Crippen molar-refractivity contribution in [3.8, 4) is 0 Å². The van der Waals surface area contributed by atoms with E-state index in [0.29, 0.717) is 12.1 Å². The zero-order valence-electron chi connectivity index (χ0n) is 10.6. The molecule has 15 heavy (non-hydrogen) atoms. The smallest absolute Gasteiger partial charge is 0.0590 e. The highest BCUT2D eigenvalue weighted by molar-refractivity contribution is 4.80. The highest BCUT2D eigenvalue weighted by Gasteiger charge is 2.23. The maximum atomic E-state index is 5.89. The molecule has 2 heteroatoms. The molecule has 1 N–H and O–H groups in total. The summed E-state index contributed by atoms with van der Waals surface area (Å²) in [5, 5.41) is 3.50. The Morgan fingerprint density at radius 2 is 2.13 bits per heavy atom. The van der Waals surface area contributed by atoms with Crippen LogP contribution in [-0.2, 0) is 4.74 Å². The Labute approximate surface area is 94.8 Å². The zero-order chi connectivity index (χ0) is 11.1. The van der Waals surface area contributed by atoms with Gasteiger partial charge in [0.1, 0.15) is 0 Å². The first-order chi connectivity index (χ1) is 7.22. The second kappa shape index (κ2) is 7.24. The average Bonchev–Trinajstić information content (AvgIpc) is 2.61. The van der Waals surface area contributed by atoms with Gasteiger partial charge >= 0.3 is 0 Å². The lowest BCUT2D eigenvalue weighted by molar-refractivity contribution is 0.0529. The number of ether oxygens (including phenoxy) is 1. The molecule has 2 unspecified atom stereocenters. The molecule has 0 aromatic heterocycles. The summed E-state index contributed by atoms with van der Waals surface area (Å²) in [6.45, 7) is 8.77. The van der Waals surface area contributed by atoms with Crippen molar-refractivity contribution < 1.29 is 4.74 Å². The molecule has 0 spiro atoms. The van der Waals surface area contributed by atoms with Gasteiger partial charge in [0.15, 0.2) is 0 Å². The first-order valence-corrected chi connectivity index (χ1v) is 6.57. The Hall–Kier alpha value is -0.0800. The minimum absolute atomic E-state index is 0.529. The first-order valence-electron chi connectivity index (χ1n) is 6.57. The normalized spacial score (nSPS) is 26.4. The molecule has 1 aliphatic carbocycles. The van der Waals surface area contributed by atoms with E-state index < -0.39 is 0 Å². The maximum Gasteiger partial charge on any atom is 0.0590 e. The monoisotopic (exact) mass is 213 g/mol. The Kier molecular flexibility index (Phi) is 6.26. The number of hydrogen-bond acceptors (Lipinski definition) is 2. The van der Waals surface area contributed by atoms with E-state index in [1.807, 2.05) is 0 Å². The standard InChI is InChI=1S/C13H27NO/c1-4-14-12-7-8-13(10-12)15-9-5-6-11(2)3/h11-14H,4-10H2,1-3H3. The molecule has 1 saturated carbocycles. The number of rotatable bonds is 7. The maximum absolute atomic E-state index is 5.89. The molecular weight excluding hydrogens is 186 g/mol. The molecule has 0 aromatic carbocycles. The third-order valence-electron chi connectivity index (χ3n) is 3.16. The second-order valence-electron chi connectivity index (χ2n) is 5.10. The van der Waals surface area contributed by atoms with Crippen molar-refractivity contribution in [2.75, 3.05) is 13.2 Å². The van der Waals surface area contributed by atoms with Crippen LogP contribution in [0.5, 0.6) is 0 Å². The van der Waals surface area contributed by atoms with Gasteiger partial charge in [-0.1, -0.05) is 20.8 Å². The van der Waals surface area contributed by atoms with E-state index in [2.05, 4.69) is 26.1 Å². The van der Waals surface area contributed by atoms with Crippen molar-refractivity contribution in [1.82, 2.24) is 5.32 Å². The molecule has 0 saturated heterocycles. The summed E-state index contributed by atoms with van der Waals surface area (Å²) < 4.78 is 5.89. The topological polar surface area (TPSA) is 21.3 Å². The average molecular weight is 213 g/mol. The van der Waals surface area contributed by atoms with Crippen molar-refractivity contribution in [3.05, 3.63) is 0 Å². The van der Waals surface area contributed by atoms with Gasteiger partial charge in [0.2, 0.25) is 0 Å². The zero-order valence-corrected chi connectivity index (χ0v) is 10.6. The predicted octanol–water partition coefficient (Wildman–Crippen LogP) is 2.97. The van der Waals surface area contributed by atoms with E-state index in [4.69, 9.17) is 4.74 Å². The van der Waals surface area contributed by atoms with Gasteiger partial charge in [0.05, 0.1) is 6.10 Å². The van der Waals surface area contributed by atoms with Crippen LogP contribution in [-0.4, -0.2) is 25.3 Å². The number of nitrogens with one attached hydrogen (secondary N) is 1. The Bertz CT molecular complexity index is 159. The second-order valence-corrected chi connectivity index (χ2v) is 5.10. The molecule has 1 rings (SSSR count). The summed E-state index contributed by atoms with van der Waals surface area (Å²) in [7, 11) is 0. The van der Waals surface area contributed by atoms with E-state index in [-0.39, 0.29) is 0 Å². The third kappa shape index (κ3) is 5.53. The molecule has 2 nitrogen and oxygen atoms in total. The van der Waals surface area contributed by atoms with Crippen LogP contribution in [0.1, 0.15) is 52.9 Å². The van der Waals surface area contributed by atoms with E-state index in [9.17, 15) is 0 Å². The van der Waals surface area contributed by atoms with Crippen LogP contribution in [0.25, 0.3) is 0 Å². The molecular formula is C13H27NO. The fraction of sp³-hybridized carbons (Fsp3) is 1.00. The first kappa shape index (κ1) is 13.0. The van der Waals surface area contributed by atoms with Crippen LogP contribution in [0, 0.1) is 5.92 Å². The Balaban J connectivity index is 1.99. The molecule has 0 aliphatic heterocycles. The van der Waals surface area contributed by atoms with Gasteiger partial charge in [0, 0.05) is 12.6 Å². The van der Waals surface area contributed by atoms with Crippen molar-refractivity contribution in [1.29, 1.82) is 0 Å². The Morgan fingerprint density at radius 3 is 2.80 bits per heavy atom. The lowest BCUT2D eigenvalue weighted by Crippen LogP contribution is -2.26. The van der Waals surface area contributed by atoms with E-state index in [1.165, 1.54) is 32.1 Å². The van der Waals surface area contributed by atoms with E-state index >= 15 is 0 Å². The summed E-state index contributed by atoms with van der Waals surface area (Å²) in [4.78, 5) is 0. The predicted molar refractivity (Wildman–Crippen MR) is 65.1 cm³/mol. The van der Waals surface area contributed by atoms with Crippen molar-refractivity contribution in [2.45, 2.75) is 65.0 Å². The highest BCUT2D eigenvalue weighted by Crippen LogP contribution is 2.22. The molecule has 1 aliphatic rings. The fourth-order valence-corrected chi connectivity index (χ4v) is 2.31. The lowest BCUT2D eigenvalue weighted by atomic mass is 10.1. The van der Waals surface area contributed by atoms with Crippen LogP contribution in [0.3, 0.4) is 0 Å². The largest absolute Gasteiger partial charge is 0.378 e. The molecule has 0 aromatic rings. The van der Waals surface area contributed by atoms with Crippen LogP contribution in [0.2, 0.25) is 0 Å². The van der Waals surface area contributed by atoms with Gasteiger partial charge in [-0.15, -0.1) is 0 Å². The summed E-state index contributed by atoms with van der Waals surface area (Å²) in [6.07, 6.45) is 6.81. The minimum atomic E-state index is 0.529. The number of hydrogen-bond donors (Lipinski definition) is 1. The molecule has 90 valence electrons. The van der Waals surface area contributed by atoms with E-state index in [1.54, 1.807) is 0 Å². The molecule has 2 atom stereocenters. The summed E-state index contributed by atoms with van der Waals surface area (Å²) in [6, 6.07) is 0.713. The molecule has 0 amide bonds. The minimum Gasteiger partial charge on any atom is -0.378 e. The summed E-state index contributed by atoms with van der Waals surface area (Å²) in [5.41, 5.74) is 0. The van der Waals surface area contributed by atoms with Gasteiger partial charge < -0.3 is 10.1 Å². The molecule has 0 heterocycles. The van der Waals surface area contributed by atoms with Crippen LogP contribution >= 0.6 is 0 Å². The molecule has 0 radical (unpaired) electrons. The molecule has 0 bridgehead atoms. The van der Waals surface area contributed by atoms with Crippen LogP contribution < -0.4 is 5.32 Å². The van der Waals surface area contributed by atoms with Gasteiger partial charge in [-0.2, -0.15) is 0 Å². The van der Waals surface area contributed by atoms with Crippen molar-refractivity contribution in [2.24, 2.45) is 5.92 Å². The van der Waals surface area contributed by atoms with Gasteiger partial charge in [-0.3, -0.25) is 0 Å². The van der Waals surface area contributed by atoms with Crippen LogP contribution in [0.4, 0.5) is 0 Å². The van der Waals surface area contributed by atoms with Gasteiger partial charge in [-0.25, -0.2) is 0 Å². The third-order valence-corrected chi connectivity index (χ3v) is 3.16. The van der Waals surface area contributed by atoms with Crippen molar-refractivity contribution >= 4 is 0 Å².